The zero-order chi connectivity index (χ0) is 12.9. The highest BCUT2D eigenvalue weighted by Crippen LogP contribution is 2.10. The normalized spacial score (nSPS) is 20.0. The van der Waals surface area contributed by atoms with E-state index < -0.39 is 10.2 Å². The fraction of sp³-hybridized carbons (Fsp3) is 1.00. The maximum atomic E-state index is 11.7. The summed E-state index contributed by atoms with van der Waals surface area (Å²) >= 11 is 0. The number of nitrogens with zero attached hydrogens (tertiary/aromatic N) is 1. The molecule has 7 heteroatoms. The van der Waals surface area contributed by atoms with E-state index in [9.17, 15) is 8.42 Å². The molecule has 0 aliphatic carbocycles. The second kappa shape index (κ2) is 6.65. The molecule has 0 spiro atoms. The Labute approximate surface area is 104 Å². The standard InChI is InChI=1S/C10H24N4O2S/c1-9(2)12-17(15,16)13-10-3-6-14(7-4-10)8-5-11/h9-10,12-13H,3-8,11H2,1-2H3. The molecule has 0 bridgehead atoms. The zero-order valence-corrected chi connectivity index (χ0v) is 11.5. The van der Waals surface area contributed by atoms with Crippen molar-refractivity contribution in [1.29, 1.82) is 0 Å². The maximum absolute atomic E-state index is 11.7. The molecule has 1 fully saturated rings. The smallest absolute Gasteiger partial charge is 0.277 e. The lowest BCUT2D eigenvalue weighted by Crippen LogP contribution is -2.49. The van der Waals surface area contributed by atoms with Crippen molar-refractivity contribution in [1.82, 2.24) is 14.3 Å². The van der Waals surface area contributed by atoms with Gasteiger partial charge < -0.3 is 10.6 Å². The number of likely N-dealkylation sites (tertiary alicyclic amines) is 1. The molecule has 1 saturated heterocycles. The molecule has 1 rings (SSSR count). The summed E-state index contributed by atoms with van der Waals surface area (Å²) in [5, 5.41) is 0. The van der Waals surface area contributed by atoms with E-state index in [0.717, 1.165) is 32.5 Å². The fourth-order valence-electron chi connectivity index (χ4n) is 2.02. The summed E-state index contributed by atoms with van der Waals surface area (Å²) in [5.41, 5.74) is 5.49. The van der Waals surface area contributed by atoms with Crippen molar-refractivity contribution in [3.05, 3.63) is 0 Å². The van der Waals surface area contributed by atoms with Crippen LogP contribution in [-0.4, -0.2) is 51.6 Å². The first-order valence-corrected chi connectivity index (χ1v) is 7.63. The molecule has 0 aromatic carbocycles. The molecule has 6 nitrogen and oxygen atoms in total. The summed E-state index contributed by atoms with van der Waals surface area (Å²) < 4.78 is 28.5. The third kappa shape index (κ3) is 5.78. The Bertz CT molecular complexity index is 310. The maximum Gasteiger partial charge on any atom is 0.277 e. The van der Waals surface area contributed by atoms with Gasteiger partial charge in [-0.2, -0.15) is 17.9 Å². The lowest BCUT2D eigenvalue weighted by Gasteiger charge is -2.31. The molecule has 0 saturated carbocycles. The third-order valence-corrected chi connectivity index (χ3v) is 4.17. The molecule has 1 aliphatic heterocycles. The molecule has 0 unspecified atom stereocenters. The van der Waals surface area contributed by atoms with E-state index in [1.807, 2.05) is 13.8 Å². The van der Waals surface area contributed by atoms with Crippen LogP contribution >= 0.6 is 0 Å². The van der Waals surface area contributed by atoms with Gasteiger partial charge in [-0.05, 0) is 39.8 Å². The van der Waals surface area contributed by atoms with Crippen LogP contribution in [0.1, 0.15) is 26.7 Å². The van der Waals surface area contributed by atoms with Gasteiger partial charge >= 0.3 is 0 Å². The predicted molar refractivity (Wildman–Crippen MR) is 68.8 cm³/mol. The number of hydrogen-bond acceptors (Lipinski definition) is 4. The van der Waals surface area contributed by atoms with E-state index in [1.54, 1.807) is 0 Å². The Hall–Kier alpha value is -0.210. The number of nitrogens with two attached hydrogens (primary N) is 1. The second-order valence-electron chi connectivity index (χ2n) is 4.80. The van der Waals surface area contributed by atoms with Crippen molar-refractivity contribution in [2.75, 3.05) is 26.2 Å². The van der Waals surface area contributed by atoms with Gasteiger partial charge in [-0.1, -0.05) is 0 Å². The highest BCUT2D eigenvalue weighted by molar-refractivity contribution is 7.87. The molecule has 0 atom stereocenters. The van der Waals surface area contributed by atoms with Gasteiger partial charge in [0.15, 0.2) is 0 Å². The van der Waals surface area contributed by atoms with Crippen molar-refractivity contribution >= 4 is 10.2 Å². The molecular weight excluding hydrogens is 240 g/mol. The Morgan fingerprint density at radius 1 is 1.35 bits per heavy atom. The number of hydrogen-bond donors (Lipinski definition) is 3. The molecular formula is C10H24N4O2S. The highest BCUT2D eigenvalue weighted by atomic mass is 32.2. The summed E-state index contributed by atoms with van der Waals surface area (Å²) in [6.45, 7) is 6.99. The van der Waals surface area contributed by atoms with Crippen molar-refractivity contribution in [3.63, 3.8) is 0 Å². The van der Waals surface area contributed by atoms with E-state index in [-0.39, 0.29) is 12.1 Å². The molecule has 0 aromatic heterocycles. The minimum absolute atomic E-state index is 0.0419. The van der Waals surface area contributed by atoms with Crippen molar-refractivity contribution in [2.24, 2.45) is 5.73 Å². The van der Waals surface area contributed by atoms with E-state index in [0.29, 0.717) is 6.54 Å². The first-order valence-electron chi connectivity index (χ1n) is 6.15. The molecule has 4 N–H and O–H groups in total. The molecule has 0 amide bonds. The Morgan fingerprint density at radius 2 is 1.94 bits per heavy atom. The van der Waals surface area contributed by atoms with Gasteiger partial charge in [-0.15, -0.1) is 0 Å². The minimum atomic E-state index is -3.35. The summed E-state index contributed by atoms with van der Waals surface area (Å²) in [4.78, 5) is 2.26. The molecule has 102 valence electrons. The fourth-order valence-corrected chi connectivity index (χ4v) is 3.38. The van der Waals surface area contributed by atoms with Crippen LogP contribution in [0, 0.1) is 0 Å². The molecule has 0 radical (unpaired) electrons. The van der Waals surface area contributed by atoms with Crippen LogP contribution in [-0.2, 0) is 10.2 Å². The average Bonchev–Trinajstić information content (AvgIpc) is 2.18. The first-order chi connectivity index (χ1) is 7.93. The van der Waals surface area contributed by atoms with E-state index in [2.05, 4.69) is 14.3 Å². The third-order valence-electron chi connectivity index (χ3n) is 2.75. The topological polar surface area (TPSA) is 87.5 Å². The first kappa shape index (κ1) is 14.8. The van der Waals surface area contributed by atoms with E-state index >= 15 is 0 Å². The van der Waals surface area contributed by atoms with Crippen LogP contribution in [0.4, 0.5) is 0 Å². The van der Waals surface area contributed by atoms with Crippen LogP contribution in [0.5, 0.6) is 0 Å². The summed E-state index contributed by atoms with van der Waals surface area (Å²) in [6.07, 6.45) is 1.69. The number of piperidine rings is 1. The molecule has 0 aromatic rings. The Kier molecular flexibility index (Phi) is 5.81. The van der Waals surface area contributed by atoms with Crippen LogP contribution < -0.4 is 15.2 Å². The van der Waals surface area contributed by atoms with Gasteiger partial charge in [0.1, 0.15) is 0 Å². The Morgan fingerprint density at radius 3 is 2.41 bits per heavy atom. The predicted octanol–water partition coefficient (Wildman–Crippen LogP) is -0.758. The van der Waals surface area contributed by atoms with Crippen LogP contribution in [0.25, 0.3) is 0 Å². The van der Waals surface area contributed by atoms with Gasteiger partial charge in [-0.3, -0.25) is 0 Å². The largest absolute Gasteiger partial charge is 0.329 e. The summed E-state index contributed by atoms with van der Waals surface area (Å²) in [6, 6.07) is -0.0369. The van der Waals surface area contributed by atoms with Gasteiger partial charge in [0.05, 0.1) is 0 Å². The lowest BCUT2D eigenvalue weighted by atomic mass is 10.1. The van der Waals surface area contributed by atoms with Gasteiger partial charge in [-0.25, -0.2) is 0 Å². The molecule has 17 heavy (non-hydrogen) atoms. The van der Waals surface area contributed by atoms with Crippen LogP contribution in [0.2, 0.25) is 0 Å². The van der Waals surface area contributed by atoms with Gasteiger partial charge in [0.2, 0.25) is 0 Å². The van der Waals surface area contributed by atoms with Crippen molar-refractivity contribution in [2.45, 2.75) is 38.8 Å². The number of rotatable bonds is 6. The molecule has 1 aliphatic rings. The minimum Gasteiger partial charge on any atom is -0.329 e. The summed E-state index contributed by atoms with van der Waals surface area (Å²) in [5.74, 6) is 0. The quantitative estimate of drug-likeness (QED) is 0.588. The lowest BCUT2D eigenvalue weighted by molar-refractivity contribution is 0.212. The van der Waals surface area contributed by atoms with Crippen LogP contribution in [0.3, 0.4) is 0 Å². The van der Waals surface area contributed by atoms with E-state index in [4.69, 9.17) is 5.73 Å². The van der Waals surface area contributed by atoms with E-state index in [1.165, 1.54) is 0 Å². The highest BCUT2D eigenvalue weighted by Gasteiger charge is 2.23. The van der Waals surface area contributed by atoms with Crippen molar-refractivity contribution < 1.29 is 8.42 Å². The molecule has 1 heterocycles. The Balaban J connectivity index is 2.35. The monoisotopic (exact) mass is 264 g/mol. The zero-order valence-electron chi connectivity index (χ0n) is 10.6. The second-order valence-corrected chi connectivity index (χ2v) is 6.28. The van der Waals surface area contributed by atoms with Gasteiger partial charge in [0, 0.05) is 25.2 Å². The van der Waals surface area contributed by atoms with Crippen LogP contribution in [0.15, 0.2) is 0 Å². The summed E-state index contributed by atoms with van der Waals surface area (Å²) in [7, 11) is -3.35. The SMILES string of the molecule is CC(C)NS(=O)(=O)NC1CCN(CCN)CC1. The van der Waals surface area contributed by atoms with Crippen molar-refractivity contribution in [3.8, 4) is 0 Å². The average molecular weight is 264 g/mol. The van der Waals surface area contributed by atoms with Gasteiger partial charge in [0.25, 0.3) is 10.2 Å². The number of nitrogens with one attached hydrogen (secondary N) is 2.